The topological polar surface area (TPSA) is 74.6 Å². The summed E-state index contributed by atoms with van der Waals surface area (Å²) in [5.74, 6) is -0.850. The van der Waals surface area contributed by atoms with Gasteiger partial charge in [-0.1, -0.05) is 6.42 Å². The molecule has 2 aliphatic heterocycles. The number of halogens is 1. The number of benzene rings is 1. The molecule has 3 heterocycles. The molecule has 0 spiro atoms. The summed E-state index contributed by atoms with van der Waals surface area (Å²) < 4.78 is 14.8. The number of nitrogens with one attached hydrogen (secondary N) is 1. The number of piperidine rings is 1. The molecule has 2 amide bonds. The Balaban J connectivity index is 1.71. The molecular weight excluding hydrogens is 411 g/mol. The zero-order valence-electron chi connectivity index (χ0n) is 18.6. The lowest BCUT2D eigenvalue weighted by atomic mass is 9.95. The molecule has 0 radical (unpaired) electrons. The third-order valence-electron chi connectivity index (χ3n) is 6.60. The lowest BCUT2D eigenvalue weighted by Crippen LogP contribution is -2.46. The lowest BCUT2D eigenvalue weighted by molar-refractivity contribution is -0.129. The summed E-state index contributed by atoms with van der Waals surface area (Å²) >= 11 is 0. The Morgan fingerprint density at radius 3 is 2.59 bits per heavy atom. The number of likely N-dealkylation sites (tertiary alicyclic amines) is 1. The maximum Gasteiger partial charge on any atom is 0.268 e. The maximum atomic E-state index is 13.4. The van der Waals surface area contributed by atoms with E-state index in [9.17, 15) is 18.8 Å². The van der Waals surface area contributed by atoms with Crippen molar-refractivity contribution in [1.82, 2.24) is 19.7 Å². The SMILES string of the molecule is CC(=O)N1CCc2c(cn(-c3ccc(F)cc3)c(=O)c2C(=O)NCC2CCCCN2C)C1. The number of nitrogens with zero attached hydrogens (tertiary/aromatic N) is 3. The summed E-state index contributed by atoms with van der Waals surface area (Å²) in [5, 5.41) is 2.98. The minimum atomic E-state index is -0.430. The first kappa shape index (κ1) is 22.2. The molecule has 1 atom stereocenters. The van der Waals surface area contributed by atoms with Gasteiger partial charge in [-0.15, -0.1) is 0 Å². The van der Waals surface area contributed by atoms with E-state index in [1.165, 1.54) is 35.8 Å². The van der Waals surface area contributed by atoms with Crippen LogP contribution in [0.1, 0.15) is 47.7 Å². The van der Waals surface area contributed by atoms with Crippen molar-refractivity contribution in [2.24, 2.45) is 0 Å². The molecule has 2 aliphatic rings. The smallest absolute Gasteiger partial charge is 0.268 e. The van der Waals surface area contributed by atoms with Crippen molar-refractivity contribution in [2.75, 3.05) is 26.7 Å². The standard InChI is InChI=1S/C24H29FN4O3/c1-16(30)28-12-10-21-17(14-28)15-29(19-8-6-18(25)7-9-19)24(32)22(21)23(31)26-13-20-5-3-4-11-27(20)2/h6-9,15,20H,3-5,10-14H2,1-2H3,(H,26,31). The third kappa shape index (κ3) is 4.46. The van der Waals surface area contributed by atoms with E-state index in [0.717, 1.165) is 31.4 Å². The number of amides is 2. The van der Waals surface area contributed by atoms with Gasteiger partial charge in [0.15, 0.2) is 0 Å². The van der Waals surface area contributed by atoms with Crippen LogP contribution < -0.4 is 10.9 Å². The highest BCUT2D eigenvalue weighted by Crippen LogP contribution is 2.23. The molecule has 0 aliphatic carbocycles. The largest absolute Gasteiger partial charge is 0.350 e. The van der Waals surface area contributed by atoms with Gasteiger partial charge in [-0.25, -0.2) is 4.39 Å². The summed E-state index contributed by atoms with van der Waals surface area (Å²) in [5.41, 5.74) is 1.62. The highest BCUT2D eigenvalue weighted by Gasteiger charge is 2.28. The van der Waals surface area contributed by atoms with Gasteiger partial charge in [0.05, 0.1) is 0 Å². The van der Waals surface area contributed by atoms with Crippen LogP contribution in [-0.2, 0) is 17.8 Å². The van der Waals surface area contributed by atoms with Crippen molar-refractivity contribution in [3.8, 4) is 5.69 Å². The summed E-state index contributed by atoms with van der Waals surface area (Å²) in [6.45, 7) is 3.79. The minimum Gasteiger partial charge on any atom is -0.350 e. The Hall–Kier alpha value is -3.00. The molecule has 0 bridgehead atoms. The van der Waals surface area contributed by atoms with Crippen molar-refractivity contribution in [3.63, 3.8) is 0 Å². The predicted molar refractivity (Wildman–Crippen MR) is 119 cm³/mol. The molecule has 2 aromatic rings. The van der Waals surface area contributed by atoms with Gasteiger partial charge in [-0.2, -0.15) is 0 Å². The quantitative estimate of drug-likeness (QED) is 0.790. The molecular formula is C24H29FN4O3. The van der Waals surface area contributed by atoms with Crippen LogP contribution in [0.4, 0.5) is 4.39 Å². The van der Waals surface area contributed by atoms with E-state index in [1.807, 2.05) is 0 Å². The number of hydrogen-bond donors (Lipinski definition) is 1. The van der Waals surface area contributed by atoms with Crippen LogP contribution in [0.5, 0.6) is 0 Å². The molecule has 7 nitrogen and oxygen atoms in total. The molecule has 0 saturated carbocycles. The van der Waals surface area contributed by atoms with Crippen molar-refractivity contribution in [1.29, 1.82) is 0 Å². The number of fused-ring (bicyclic) bond motifs is 1. The van der Waals surface area contributed by atoms with E-state index in [1.54, 1.807) is 11.1 Å². The van der Waals surface area contributed by atoms with Gasteiger partial charge in [0.2, 0.25) is 5.91 Å². The first-order chi connectivity index (χ1) is 15.3. The Morgan fingerprint density at radius 1 is 1.16 bits per heavy atom. The highest BCUT2D eigenvalue weighted by atomic mass is 19.1. The number of hydrogen-bond acceptors (Lipinski definition) is 4. The molecule has 4 rings (SSSR count). The minimum absolute atomic E-state index is 0.0541. The van der Waals surface area contributed by atoms with Crippen molar-refractivity contribution >= 4 is 11.8 Å². The Kier molecular flexibility index (Phi) is 6.41. The number of rotatable bonds is 4. The molecule has 32 heavy (non-hydrogen) atoms. The highest BCUT2D eigenvalue weighted by molar-refractivity contribution is 5.96. The van der Waals surface area contributed by atoms with Crippen LogP contribution in [0.15, 0.2) is 35.3 Å². The zero-order valence-corrected chi connectivity index (χ0v) is 18.6. The van der Waals surface area contributed by atoms with Gasteiger partial charge in [-0.3, -0.25) is 19.0 Å². The summed E-state index contributed by atoms with van der Waals surface area (Å²) in [7, 11) is 2.05. The summed E-state index contributed by atoms with van der Waals surface area (Å²) in [6.07, 6.45) is 5.41. The van der Waals surface area contributed by atoms with Gasteiger partial charge < -0.3 is 15.1 Å². The van der Waals surface area contributed by atoms with Crippen LogP contribution in [0, 0.1) is 5.82 Å². The number of carbonyl (C=O) groups is 2. The van der Waals surface area contributed by atoms with Gasteiger partial charge >= 0.3 is 0 Å². The third-order valence-corrected chi connectivity index (χ3v) is 6.60. The Labute approximate surface area is 186 Å². The van der Waals surface area contributed by atoms with E-state index in [4.69, 9.17) is 0 Å². The fraction of sp³-hybridized carbons (Fsp3) is 0.458. The maximum absolute atomic E-state index is 13.4. The van der Waals surface area contributed by atoms with Crippen molar-refractivity contribution in [3.05, 3.63) is 63.3 Å². The number of aromatic nitrogens is 1. The number of likely N-dealkylation sites (N-methyl/N-ethyl adjacent to an activating group) is 1. The second-order valence-electron chi connectivity index (χ2n) is 8.69. The van der Waals surface area contributed by atoms with E-state index in [-0.39, 0.29) is 17.5 Å². The molecule has 1 aromatic carbocycles. The predicted octanol–water partition coefficient (Wildman–Crippen LogP) is 2.10. The normalized spacial score (nSPS) is 18.8. The number of carbonyl (C=O) groups excluding carboxylic acids is 2. The zero-order chi connectivity index (χ0) is 22.8. The number of pyridine rings is 1. The molecule has 1 fully saturated rings. The van der Waals surface area contributed by atoms with Gasteiger partial charge in [0.1, 0.15) is 11.4 Å². The first-order valence-electron chi connectivity index (χ1n) is 11.1. The van der Waals surface area contributed by atoms with Crippen molar-refractivity contribution in [2.45, 2.75) is 45.2 Å². The van der Waals surface area contributed by atoms with Gasteiger partial charge in [0.25, 0.3) is 11.5 Å². The van der Waals surface area contributed by atoms with E-state index >= 15 is 0 Å². The molecule has 1 saturated heterocycles. The summed E-state index contributed by atoms with van der Waals surface area (Å²) in [6, 6.07) is 5.82. The molecule has 170 valence electrons. The second-order valence-corrected chi connectivity index (χ2v) is 8.69. The fourth-order valence-corrected chi connectivity index (χ4v) is 4.65. The van der Waals surface area contributed by atoms with Crippen molar-refractivity contribution < 1.29 is 14.0 Å². The fourth-order valence-electron chi connectivity index (χ4n) is 4.65. The summed E-state index contributed by atoms with van der Waals surface area (Å²) in [4.78, 5) is 42.5. The average molecular weight is 441 g/mol. The molecule has 1 N–H and O–H groups in total. The van der Waals surface area contributed by atoms with E-state index in [2.05, 4.69) is 17.3 Å². The van der Waals surface area contributed by atoms with E-state index in [0.29, 0.717) is 37.3 Å². The van der Waals surface area contributed by atoms with Gasteiger partial charge in [-0.05, 0) is 68.2 Å². The molecule has 1 unspecified atom stereocenters. The van der Waals surface area contributed by atoms with Crippen LogP contribution in [-0.4, -0.2) is 58.9 Å². The first-order valence-corrected chi connectivity index (χ1v) is 11.1. The lowest BCUT2D eigenvalue weighted by Gasteiger charge is -2.33. The average Bonchev–Trinajstić information content (AvgIpc) is 2.78. The Morgan fingerprint density at radius 2 is 1.91 bits per heavy atom. The van der Waals surface area contributed by atoms with Crippen LogP contribution in [0.25, 0.3) is 5.69 Å². The van der Waals surface area contributed by atoms with Crippen LogP contribution in [0.3, 0.4) is 0 Å². The molecule has 8 heteroatoms. The van der Waals surface area contributed by atoms with Crippen LogP contribution >= 0.6 is 0 Å². The molecule has 1 aromatic heterocycles. The monoisotopic (exact) mass is 440 g/mol. The second kappa shape index (κ2) is 9.24. The van der Waals surface area contributed by atoms with Crippen LogP contribution in [0.2, 0.25) is 0 Å². The van der Waals surface area contributed by atoms with E-state index < -0.39 is 17.3 Å². The van der Waals surface area contributed by atoms with Gasteiger partial charge in [0, 0.05) is 44.5 Å². The Bertz CT molecular complexity index is 1080.